The van der Waals surface area contributed by atoms with Gasteiger partial charge in [0, 0.05) is 36.8 Å². The van der Waals surface area contributed by atoms with Gasteiger partial charge < -0.3 is 15.5 Å². The first-order chi connectivity index (χ1) is 12.1. The highest BCUT2D eigenvalue weighted by Crippen LogP contribution is 2.15. The van der Waals surface area contributed by atoms with Crippen LogP contribution in [0.3, 0.4) is 0 Å². The van der Waals surface area contributed by atoms with Gasteiger partial charge in [-0.2, -0.15) is 0 Å². The molecule has 0 saturated carbocycles. The van der Waals surface area contributed by atoms with Gasteiger partial charge in [-0.05, 0) is 54.0 Å². The van der Waals surface area contributed by atoms with Gasteiger partial charge in [-0.1, -0.05) is 35.9 Å². The van der Waals surface area contributed by atoms with Crippen molar-refractivity contribution in [1.29, 1.82) is 0 Å². The van der Waals surface area contributed by atoms with Gasteiger partial charge in [-0.25, -0.2) is 0 Å². The van der Waals surface area contributed by atoms with Crippen molar-refractivity contribution in [3.8, 4) is 0 Å². The molecule has 25 heavy (non-hydrogen) atoms. The van der Waals surface area contributed by atoms with Crippen molar-refractivity contribution in [3.05, 3.63) is 64.7 Å². The summed E-state index contributed by atoms with van der Waals surface area (Å²) in [6.07, 6.45) is 1.65. The number of nitrogens with one attached hydrogen (secondary N) is 2. The van der Waals surface area contributed by atoms with E-state index in [1.165, 1.54) is 0 Å². The molecule has 2 aromatic rings. The Balaban J connectivity index is 1.47. The zero-order valence-corrected chi connectivity index (χ0v) is 15.4. The fourth-order valence-electron chi connectivity index (χ4n) is 2.74. The highest BCUT2D eigenvalue weighted by atomic mass is 35.5. The number of anilines is 1. The number of likely N-dealkylation sites (tertiary alicyclic amines) is 1. The maximum atomic E-state index is 11.7. The average Bonchev–Trinajstić information content (AvgIpc) is 3.01. The van der Waals surface area contributed by atoms with Crippen molar-refractivity contribution in [1.82, 2.24) is 10.2 Å². The third-order valence-electron chi connectivity index (χ3n) is 4.12. The van der Waals surface area contributed by atoms with Crippen molar-refractivity contribution in [2.45, 2.75) is 25.9 Å². The van der Waals surface area contributed by atoms with Crippen LogP contribution in [0.1, 0.15) is 24.0 Å². The van der Waals surface area contributed by atoms with Gasteiger partial charge >= 0.3 is 0 Å². The number of nitrogens with zero attached hydrogens (tertiary/aromatic N) is 1. The number of thiocarbonyl (C=S) groups is 1. The second kappa shape index (κ2) is 8.32. The van der Waals surface area contributed by atoms with E-state index in [2.05, 4.69) is 34.9 Å². The van der Waals surface area contributed by atoms with Gasteiger partial charge in [0.25, 0.3) is 0 Å². The van der Waals surface area contributed by atoms with Crippen LogP contribution in [-0.2, 0) is 17.9 Å². The molecule has 1 aliphatic rings. The van der Waals surface area contributed by atoms with Crippen LogP contribution in [0.5, 0.6) is 0 Å². The summed E-state index contributed by atoms with van der Waals surface area (Å²) < 4.78 is 0. The van der Waals surface area contributed by atoms with Gasteiger partial charge in [0.15, 0.2) is 5.11 Å². The van der Waals surface area contributed by atoms with E-state index in [0.717, 1.165) is 29.8 Å². The van der Waals surface area contributed by atoms with E-state index in [1.807, 2.05) is 29.2 Å². The van der Waals surface area contributed by atoms with Crippen molar-refractivity contribution in [2.75, 3.05) is 11.9 Å². The predicted octanol–water partition coefficient (Wildman–Crippen LogP) is 3.95. The molecule has 0 spiro atoms. The quantitative estimate of drug-likeness (QED) is 0.779. The Bertz CT molecular complexity index is 746. The highest BCUT2D eigenvalue weighted by molar-refractivity contribution is 7.80. The summed E-state index contributed by atoms with van der Waals surface area (Å²) in [6.45, 7) is 2.21. The Morgan fingerprint density at radius 3 is 2.40 bits per heavy atom. The lowest BCUT2D eigenvalue weighted by Gasteiger charge is -2.16. The summed E-state index contributed by atoms with van der Waals surface area (Å²) in [5.74, 6) is 0.254. The number of amides is 1. The Morgan fingerprint density at radius 2 is 1.76 bits per heavy atom. The molecule has 1 saturated heterocycles. The van der Waals surface area contributed by atoms with Gasteiger partial charge in [0.1, 0.15) is 0 Å². The number of halogens is 1. The summed E-state index contributed by atoms with van der Waals surface area (Å²) in [5, 5.41) is 7.56. The molecule has 0 bridgehead atoms. The normalized spacial score (nSPS) is 13.8. The number of benzene rings is 2. The first kappa shape index (κ1) is 17.7. The van der Waals surface area contributed by atoms with E-state index in [9.17, 15) is 4.79 Å². The summed E-state index contributed by atoms with van der Waals surface area (Å²) in [5.41, 5.74) is 3.19. The highest BCUT2D eigenvalue weighted by Gasteiger charge is 2.19. The third kappa shape index (κ3) is 5.18. The zero-order chi connectivity index (χ0) is 17.6. The molecule has 1 aliphatic heterocycles. The van der Waals surface area contributed by atoms with E-state index in [1.54, 1.807) is 0 Å². The maximum absolute atomic E-state index is 11.7. The smallest absolute Gasteiger partial charge is 0.222 e. The fourth-order valence-corrected chi connectivity index (χ4v) is 3.06. The van der Waals surface area contributed by atoms with Crippen LogP contribution >= 0.6 is 23.8 Å². The maximum Gasteiger partial charge on any atom is 0.222 e. The Labute approximate surface area is 158 Å². The summed E-state index contributed by atoms with van der Waals surface area (Å²) >= 11 is 11.2. The molecule has 0 unspecified atom stereocenters. The van der Waals surface area contributed by atoms with Gasteiger partial charge in [-0.3, -0.25) is 4.79 Å². The molecule has 2 aromatic carbocycles. The number of carbonyl (C=O) groups excluding carboxylic acids is 1. The van der Waals surface area contributed by atoms with Crippen LogP contribution in [0.15, 0.2) is 48.5 Å². The molecule has 3 rings (SSSR count). The lowest BCUT2D eigenvalue weighted by atomic mass is 10.1. The average molecular weight is 374 g/mol. The van der Waals surface area contributed by atoms with Crippen molar-refractivity contribution >= 4 is 40.5 Å². The number of hydrogen-bond acceptors (Lipinski definition) is 2. The monoisotopic (exact) mass is 373 g/mol. The molecule has 1 amide bonds. The Hall–Kier alpha value is -2.11. The Kier molecular flexibility index (Phi) is 5.89. The van der Waals surface area contributed by atoms with Crippen LogP contribution in [0.4, 0.5) is 5.69 Å². The van der Waals surface area contributed by atoms with Crippen molar-refractivity contribution in [3.63, 3.8) is 0 Å². The molecule has 4 nitrogen and oxygen atoms in total. The summed E-state index contributed by atoms with van der Waals surface area (Å²) in [6, 6.07) is 15.7. The third-order valence-corrected chi connectivity index (χ3v) is 4.62. The van der Waals surface area contributed by atoms with E-state index < -0.39 is 0 Å². The van der Waals surface area contributed by atoms with E-state index >= 15 is 0 Å². The van der Waals surface area contributed by atoms with Gasteiger partial charge in [-0.15, -0.1) is 0 Å². The molecule has 6 heteroatoms. The number of rotatable bonds is 5. The van der Waals surface area contributed by atoms with Crippen molar-refractivity contribution < 1.29 is 4.79 Å². The second-order valence-corrected chi connectivity index (χ2v) is 6.89. The molecule has 0 radical (unpaired) electrons. The number of carbonyl (C=O) groups is 1. The van der Waals surface area contributed by atoms with E-state index in [0.29, 0.717) is 29.6 Å². The Morgan fingerprint density at radius 1 is 1.08 bits per heavy atom. The molecule has 1 fully saturated rings. The van der Waals surface area contributed by atoms with Crippen LogP contribution in [0, 0.1) is 0 Å². The molecule has 2 N–H and O–H groups in total. The molecular weight excluding hydrogens is 354 g/mol. The molecular formula is C19H20ClN3OS. The topological polar surface area (TPSA) is 44.4 Å². The van der Waals surface area contributed by atoms with Crippen LogP contribution in [0.25, 0.3) is 0 Å². The summed E-state index contributed by atoms with van der Waals surface area (Å²) in [7, 11) is 0. The summed E-state index contributed by atoms with van der Waals surface area (Å²) in [4.78, 5) is 13.6. The lowest BCUT2D eigenvalue weighted by molar-refractivity contribution is -0.128. The second-order valence-electron chi connectivity index (χ2n) is 6.05. The standard InChI is InChI=1S/C19H20ClN3OS/c20-16-7-9-17(10-8-16)22-19(25)21-12-14-3-5-15(6-4-14)13-23-11-1-2-18(23)24/h3-10H,1-2,11-13H2,(H2,21,22,25). The van der Waals surface area contributed by atoms with Crippen LogP contribution in [0.2, 0.25) is 5.02 Å². The lowest BCUT2D eigenvalue weighted by Crippen LogP contribution is -2.27. The minimum atomic E-state index is 0.254. The van der Waals surface area contributed by atoms with Crippen LogP contribution < -0.4 is 10.6 Å². The minimum absolute atomic E-state index is 0.254. The zero-order valence-electron chi connectivity index (χ0n) is 13.8. The molecule has 130 valence electrons. The first-order valence-corrected chi connectivity index (χ1v) is 9.05. The number of hydrogen-bond donors (Lipinski definition) is 2. The van der Waals surface area contributed by atoms with E-state index in [-0.39, 0.29) is 5.91 Å². The fraction of sp³-hybridized carbons (Fsp3) is 0.263. The molecule has 0 aromatic heterocycles. The van der Waals surface area contributed by atoms with Gasteiger partial charge in [0.2, 0.25) is 5.91 Å². The molecule has 0 atom stereocenters. The molecule has 1 heterocycles. The molecule has 0 aliphatic carbocycles. The first-order valence-electron chi connectivity index (χ1n) is 8.26. The van der Waals surface area contributed by atoms with Crippen LogP contribution in [-0.4, -0.2) is 22.5 Å². The SMILES string of the molecule is O=C1CCCN1Cc1ccc(CNC(=S)Nc2ccc(Cl)cc2)cc1. The van der Waals surface area contributed by atoms with Crippen molar-refractivity contribution in [2.24, 2.45) is 0 Å². The minimum Gasteiger partial charge on any atom is -0.358 e. The van der Waals surface area contributed by atoms with E-state index in [4.69, 9.17) is 23.8 Å². The largest absolute Gasteiger partial charge is 0.358 e. The predicted molar refractivity (Wildman–Crippen MR) is 106 cm³/mol. The van der Waals surface area contributed by atoms with Gasteiger partial charge in [0.05, 0.1) is 0 Å².